The molecule has 3 aromatic rings. The molecular weight excluding hydrogens is 401 g/mol. The molecule has 0 aliphatic rings. The molecule has 1 heterocycles. The lowest BCUT2D eigenvalue weighted by Gasteiger charge is -2.11. The van der Waals surface area contributed by atoms with Gasteiger partial charge in [-0.1, -0.05) is 70.6 Å². The number of aryl methyl sites for hydroxylation is 1. The second-order valence-corrected chi connectivity index (χ2v) is 6.45. The minimum Gasteiger partial charge on any atom is -0.321 e. The van der Waals surface area contributed by atoms with E-state index in [1.54, 1.807) is 12.5 Å². The van der Waals surface area contributed by atoms with Crippen molar-refractivity contribution in [2.45, 2.75) is 11.0 Å². The summed E-state index contributed by atoms with van der Waals surface area (Å²) >= 11 is 2.33. The minimum atomic E-state index is -0.204. The van der Waals surface area contributed by atoms with Crippen LogP contribution in [-0.4, -0.2) is 15.5 Å². The molecule has 2 aromatic carbocycles. The monoisotopic (exact) mass is 417 g/mol. The number of benzene rings is 2. The maximum absolute atomic E-state index is 12.3. The van der Waals surface area contributed by atoms with Crippen LogP contribution in [0.2, 0.25) is 0 Å². The van der Waals surface area contributed by atoms with Gasteiger partial charge in [0.05, 0.1) is 6.33 Å². The molecule has 0 spiro atoms. The molecule has 1 amide bonds. The Hall–Kier alpha value is -2.15. The number of amides is 1. The van der Waals surface area contributed by atoms with E-state index >= 15 is 0 Å². The van der Waals surface area contributed by atoms with Gasteiger partial charge in [-0.05, 0) is 24.6 Å². The fourth-order valence-corrected chi connectivity index (χ4v) is 2.91. The molecular formula is C18H16IN3O. The van der Waals surface area contributed by atoms with Crippen LogP contribution >= 0.6 is 22.6 Å². The van der Waals surface area contributed by atoms with Gasteiger partial charge >= 0.3 is 0 Å². The molecule has 4 nitrogen and oxygen atoms in total. The molecule has 0 aliphatic heterocycles. The highest BCUT2D eigenvalue weighted by Crippen LogP contribution is 2.25. The summed E-state index contributed by atoms with van der Waals surface area (Å²) in [6, 6.07) is 17.8. The number of aromatic nitrogens is 2. The summed E-state index contributed by atoms with van der Waals surface area (Å²) in [6.07, 6.45) is 3.46. The standard InChI is InChI=1S/C18H16IN3O/c1-13-7-9-15(10-8-13)21-18(23)16-11-22(12-20-16)17(19)14-5-3-2-4-6-14/h2-12,17H,1H3,(H,21,23). The van der Waals surface area contributed by atoms with Gasteiger partial charge in [-0.2, -0.15) is 0 Å². The predicted molar refractivity (Wildman–Crippen MR) is 100.0 cm³/mol. The van der Waals surface area contributed by atoms with Crippen LogP contribution in [0.15, 0.2) is 67.1 Å². The molecule has 0 fully saturated rings. The van der Waals surface area contributed by atoms with Crippen LogP contribution in [0.4, 0.5) is 5.69 Å². The number of alkyl halides is 1. The Bertz CT molecular complexity index is 797. The van der Waals surface area contributed by atoms with Gasteiger partial charge in [0.15, 0.2) is 0 Å². The van der Waals surface area contributed by atoms with Crippen LogP contribution < -0.4 is 5.32 Å². The molecule has 1 unspecified atom stereocenters. The number of hydrogen-bond acceptors (Lipinski definition) is 2. The fourth-order valence-electron chi connectivity index (χ4n) is 2.19. The van der Waals surface area contributed by atoms with Crippen LogP contribution in [0.3, 0.4) is 0 Å². The number of imidazole rings is 1. The first-order chi connectivity index (χ1) is 11.1. The van der Waals surface area contributed by atoms with Gasteiger partial charge in [0.2, 0.25) is 0 Å². The van der Waals surface area contributed by atoms with E-state index < -0.39 is 0 Å². The summed E-state index contributed by atoms with van der Waals surface area (Å²) in [7, 11) is 0. The van der Waals surface area contributed by atoms with Gasteiger partial charge in [-0.3, -0.25) is 4.79 Å². The van der Waals surface area contributed by atoms with E-state index in [1.807, 2.05) is 54.0 Å². The predicted octanol–water partition coefficient (Wildman–Crippen LogP) is 4.43. The molecule has 3 rings (SSSR count). The molecule has 0 aliphatic carbocycles. The van der Waals surface area contributed by atoms with Crippen LogP contribution in [0.1, 0.15) is 25.7 Å². The maximum Gasteiger partial charge on any atom is 0.275 e. The van der Waals surface area contributed by atoms with E-state index in [9.17, 15) is 4.79 Å². The van der Waals surface area contributed by atoms with Crippen LogP contribution in [0.25, 0.3) is 0 Å². The number of rotatable bonds is 4. The highest BCUT2D eigenvalue weighted by atomic mass is 127. The largest absolute Gasteiger partial charge is 0.321 e. The van der Waals surface area contributed by atoms with Crippen molar-refractivity contribution in [1.29, 1.82) is 0 Å². The number of anilines is 1. The molecule has 0 saturated heterocycles. The molecule has 0 saturated carbocycles. The summed E-state index contributed by atoms with van der Waals surface area (Å²) in [5, 5.41) is 2.86. The summed E-state index contributed by atoms with van der Waals surface area (Å²) < 4.78 is 2.03. The molecule has 0 radical (unpaired) electrons. The minimum absolute atomic E-state index is 0.0993. The lowest BCUT2D eigenvalue weighted by Crippen LogP contribution is -2.12. The Balaban J connectivity index is 1.73. The number of halogens is 1. The van der Waals surface area contributed by atoms with Crippen molar-refractivity contribution in [1.82, 2.24) is 9.55 Å². The van der Waals surface area contributed by atoms with Crippen molar-refractivity contribution < 1.29 is 4.79 Å². The first-order valence-electron chi connectivity index (χ1n) is 7.24. The second kappa shape index (κ2) is 6.95. The number of carbonyl (C=O) groups is 1. The summed E-state index contributed by atoms with van der Waals surface area (Å²) in [5.41, 5.74) is 3.49. The summed E-state index contributed by atoms with van der Waals surface area (Å²) in [4.78, 5) is 16.5. The third-order valence-corrected chi connectivity index (χ3v) is 4.84. The van der Waals surface area contributed by atoms with Crippen molar-refractivity contribution in [3.8, 4) is 0 Å². The van der Waals surface area contributed by atoms with Crippen molar-refractivity contribution in [2.75, 3.05) is 5.32 Å². The van der Waals surface area contributed by atoms with E-state index in [-0.39, 0.29) is 9.96 Å². The zero-order chi connectivity index (χ0) is 16.2. The van der Waals surface area contributed by atoms with E-state index in [0.717, 1.165) is 16.8 Å². The third kappa shape index (κ3) is 3.79. The van der Waals surface area contributed by atoms with Crippen molar-refractivity contribution >= 4 is 34.2 Å². The van der Waals surface area contributed by atoms with Crippen molar-refractivity contribution in [3.63, 3.8) is 0 Å². The van der Waals surface area contributed by atoms with Crippen LogP contribution in [0.5, 0.6) is 0 Å². The van der Waals surface area contributed by atoms with Gasteiger partial charge in [0.25, 0.3) is 5.91 Å². The Morgan fingerprint density at radius 2 is 1.83 bits per heavy atom. The van der Waals surface area contributed by atoms with E-state index in [0.29, 0.717) is 5.69 Å². The Labute approximate surface area is 148 Å². The van der Waals surface area contributed by atoms with Gasteiger partial charge in [-0.25, -0.2) is 4.98 Å². The van der Waals surface area contributed by atoms with Gasteiger partial charge in [0.1, 0.15) is 9.74 Å². The highest BCUT2D eigenvalue weighted by Gasteiger charge is 2.14. The highest BCUT2D eigenvalue weighted by molar-refractivity contribution is 14.1. The molecule has 116 valence electrons. The summed E-state index contributed by atoms with van der Waals surface area (Å²) in [5.74, 6) is -0.204. The first-order valence-corrected chi connectivity index (χ1v) is 8.48. The number of nitrogens with zero attached hydrogens (tertiary/aromatic N) is 2. The first kappa shape index (κ1) is 15.7. The maximum atomic E-state index is 12.3. The van der Waals surface area contributed by atoms with Crippen LogP contribution in [0, 0.1) is 6.92 Å². The number of carbonyl (C=O) groups excluding carboxylic acids is 1. The Morgan fingerprint density at radius 3 is 2.52 bits per heavy atom. The normalized spacial score (nSPS) is 11.9. The van der Waals surface area contributed by atoms with Crippen molar-refractivity contribution in [2.24, 2.45) is 0 Å². The molecule has 1 atom stereocenters. The molecule has 5 heteroatoms. The average molecular weight is 417 g/mol. The number of nitrogens with one attached hydrogen (secondary N) is 1. The fraction of sp³-hybridized carbons (Fsp3) is 0.111. The smallest absolute Gasteiger partial charge is 0.275 e. The molecule has 1 N–H and O–H groups in total. The van der Waals surface area contributed by atoms with Gasteiger partial charge < -0.3 is 9.88 Å². The lowest BCUT2D eigenvalue weighted by atomic mass is 10.2. The quantitative estimate of drug-likeness (QED) is 0.505. The zero-order valence-electron chi connectivity index (χ0n) is 12.6. The van der Waals surface area contributed by atoms with Gasteiger partial charge in [-0.15, -0.1) is 0 Å². The molecule has 23 heavy (non-hydrogen) atoms. The van der Waals surface area contributed by atoms with E-state index in [2.05, 4.69) is 45.0 Å². The van der Waals surface area contributed by atoms with Crippen LogP contribution in [-0.2, 0) is 0 Å². The number of hydrogen-bond donors (Lipinski definition) is 1. The average Bonchev–Trinajstić information content (AvgIpc) is 3.07. The Kier molecular flexibility index (Phi) is 4.76. The Morgan fingerprint density at radius 1 is 1.13 bits per heavy atom. The lowest BCUT2D eigenvalue weighted by molar-refractivity contribution is 0.102. The van der Waals surface area contributed by atoms with Crippen molar-refractivity contribution in [3.05, 3.63) is 83.9 Å². The zero-order valence-corrected chi connectivity index (χ0v) is 14.8. The topological polar surface area (TPSA) is 46.9 Å². The van der Waals surface area contributed by atoms with E-state index in [4.69, 9.17) is 0 Å². The third-order valence-electron chi connectivity index (χ3n) is 3.48. The van der Waals surface area contributed by atoms with Gasteiger partial charge in [0, 0.05) is 11.9 Å². The summed E-state index contributed by atoms with van der Waals surface area (Å²) in [6.45, 7) is 2.01. The molecule has 1 aromatic heterocycles. The SMILES string of the molecule is Cc1ccc(NC(=O)c2cn(C(I)c3ccccc3)cn2)cc1. The van der Waals surface area contributed by atoms with E-state index in [1.165, 1.54) is 0 Å². The second-order valence-electron chi connectivity index (χ2n) is 5.27. The molecule has 0 bridgehead atoms.